The normalized spacial score (nSPS) is 6.79. The molecule has 0 aromatic rings. The van der Waals surface area contributed by atoms with Gasteiger partial charge in [0.05, 0.1) is 13.2 Å². The smallest absolute Gasteiger partial charge is 1.00 e. The van der Waals surface area contributed by atoms with Crippen molar-refractivity contribution in [1.82, 2.24) is 0 Å². The van der Waals surface area contributed by atoms with Gasteiger partial charge >= 0.3 is 85.8 Å². The molecule has 0 aromatic carbocycles. The van der Waals surface area contributed by atoms with Crippen LogP contribution in [0.1, 0.15) is 0 Å². The number of hydrogen-bond acceptors (Lipinski definition) is 7. The summed E-state index contributed by atoms with van der Waals surface area (Å²) in [7, 11) is 0. The third-order valence-electron chi connectivity index (χ3n) is 0.258. The van der Waals surface area contributed by atoms with Crippen LogP contribution in [0.4, 0.5) is 0 Å². The molecule has 0 aliphatic rings. The van der Waals surface area contributed by atoms with Crippen LogP contribution in [0.5, 0.6) is 0 Å². The van der Waals surface area contributed by atoms with Crippen molar-refractivity contribution in [3.05, 3.63) is 0 Å². The molecule has 0 aromatic heterocycles. The van der Waals surface area contributed by atoms with Gasteiger partial charge in [0.1, 0.15) is 0 Å². The molecule has 0 amide bonds. The minimum Gasteiger partial charge on any atom is 1.00 e. The first-order valence-electron chi connectivity index (χ1n) is 2.95. The van der Waals surface area contributed by atoms with E-state index in [2.05, 4.69) is 0 Å². The number of hydrogen-bond donors (Lipinski definition) is 4. The van der Waals surface area contributed by atoms with Crippen LogP contribution in [0.3, 0.4) is 0 Å². The van der Waals surface area contributed by atoms with Crippen molar-refractivity contribution in [2.45, 2.75) is 0 Å². The van der Waals surface area contributed by atoms with Gasteiger partial charge in [-0.2, -0.15) is 0 Å². The second-order valence-electron chi connectivity index (χ2n) is 1.23. The second-order valence-corrected chi connectivity index (χ2v) is 2.09. The molecule has 78 valence electrons. The van der Waals surface area contributed by atoms with E-state index in [1.54, 1.807) is 0 Å². The predicted molar refractivity (Wildman–Crippen MR) is 38.7 cm³/mol. The third-order valence-corrected chi connectivity index (χ3v) is 0.258. The zero-order valence-corrected chi connectivity index (χ0v) is 14.2. The summed E-state index contributed by atoms with van der Waals surface area (Å²) >= 11 is -3.79. The van der Waals surface area contributed by atoms with E-state index in [0.717, 1.165) is 0 Å². The maximum atomic E-state index is 8.54. The predicted octanol–water partition coefficient (Wildman–Crippen LogP) is -11.0. The van der Waals surface area contributed by atoms with E-state index in [0.29, 0.717) is 13.1 Å². The van der Waals surface area contributed by atoms with Crippen molar-refractivity contribution in [3.63, 3.8) is 0 Å². The Morgan fingerprint density at radius 3 is 1.07 bits per heavy atom. The summed E-state index contributed by atoms with van der Waals surface area (Å²) in [6.07, 6.45) is 0. The molecule has 0 saturated carbocycles. The van der Waals surface area contributed by atoms with Crippen LogP contribution in [0.15, 0.2) is 0 Å². The van der Waals surface area contributed by atoms with Crippen LogP contribution in [0.25, 0.3) is 0 Å². The molecule has 7 nitrogen and oxygen atoms in total. The van der Waals surface area contributed by atoms with Crippen LogP contribution in [0.2, 0.25) is 0 Å². The van der Waals surface area contributed by atoms with E-state index in [9.17, 15) is 0 Å². The summed E-state index contributed by atoms with van der Waals surface area (Å²) in [4.78, 5) is 0. The second kappa shape index (κ2) is 36.3. The Morgan fingerprint density at radius 1 is 1.00 bits per heavy atom. The summed E-state index contributed by atoms with van der Waals surface area (Å²) < 4.78 is 25.6. The maximum Gasteiger partial charge on any atom is 1.00 e. The van der Waals surface area contributed by atoms with Gasteiger partial charge < -0.3 is 21.7 Å². The fourth-order valence-electron chi connectivity index (χ4n) is 0. The zero-order chi connectivity index (χ0) is 10.4. The molecular formula is C4H14N2Na2O5Se. The van der Waals surface area contributed by atoms with Crippen molar-refractivity contribution < 1.29 is 81.5 Å². The van der Waals surface area contributed by atoms with Gasteiger partial charge in [0.2, 0.25) is 0 Å². The Balaban J connectivity index is -0.0000000270. The number of aliphatic hydroxyl groups excluding tert-OH is 2. The average Bonchev–Trinajstić information content (AvgIpc) is 2.03. The molecule has 0 spiro atoms. The van der Waals surface area contributed by atoms with Crippen molar-refractivity contribution in [3.8, 4) is 0 Å². The fraction of sp³-hybridized carbons (Fsp3) is 1.00. The van der Waals surface area contributed by atoms with E-state index in [-0.39, 0.29) is 72.3 Å². The molecule has 0 saturated heterocycles. The van der Waals surface area contributed by atoms with E-state index >= 15 is 0 Å². The van der Waals surface area contributed by atoms with Gasteiger partial charge in [-0.15, -0.1) is 0 Å². The fourth-order valence-corrected chi connectivity index (χ4v) is 0. The standard InChI is InChI=1S/2C2H7NO.2Na.H2O3Se/c2*3-1-2-4;;;1-4(2)3/h2*4H,1-3H2;;;(H2,1,2,3)/q;;2*+1;/p-2. The van der Waals surface area contributed by atoms with Crippen molar-refractivity contribution in [2.24, 2.45) is 11.5 Å². The zero-order valence-electron chi connectivity index (χ0n) is 8.51. The molecule has 0 rings (SSSR count). The van der Waals surface area contributed by atoms with Gasteiger partial charge in [0.25, 0.3) is 0 Å². The molecule has 0 bridgehead atoms. The Morgan fingerprint density at radius 2 is 1.07 bits per heavy atom. The first-order chi connectivity index (χ1) is 5.56. The van der Waals surface area contributed by atoms with Gasteiger partial charge in [0.15, 0.2) is 0 Å². The summed E-state index contributed by atoms with van der Waals surface area (Å²) in [6.45, 7) is 0.944. The topological polar surface area (TPSA) is 156 Å². The van der Waals surface area contributed by atoms with Crippen LogP contribution in [0, 0.1) is 0 Å². The van der Waals surface area contributed by atoms with Gasteiger partial charge in [-0.3, -0.25) is 0 Å². The van der Waals surface area contributed by atoms with Crippen molar-refractivity contribution >= 4 is 14.5 Å². The number of rotatable bonds is 2. The molecule has 6 N–H and O–H groups in total. The average molecular weight is 295 g/mol. The molecule has 14 heavy (non-hydrogen) atoms. The number of nitrogens with two attached hydrogens (primary N) is 2. The minimum atomic E-state index is -3.79. The molecule has 10 heteroatoms. The Labute approximate surface area is 132 Å². The molecular weight excluding hydrogens is 281 g/mol. The first-order valence-corrected chi connectivity index (χ1v) is 5.05. The third kappa shape index (κ3) is 145. The van der Waals surface area contributed by atoms with E-state index in [1.165, 1.54) is 0 Å². The largest absolute Gasteiger partial charge is 1.00 e. The molecule has 0 radical (unpaired) electrons. The summed E-state index contributed by atoms with van der Waals surface area (Å²) in [5.74, 6) is 0. The van der Waals surface area contributed by atoms with Crippen LogP contribution in [-0.4, -0.2) is 51.0 Å². The van der Waals surface area contributed by atoms with Gasteiger partial charge in [-0.1, -0.05) is 0 Å². The molecule has 0 aliphatic heterocycles. The Kier molecular flexibility index (Phi) is 77.1. The van der Waals surface area contributed by atoms with Crippen LogP contribution >= 0.6 is 0 Å². The van der Waals surface area contributed by atoms with E-state index in [4.69, 9.17) is 33.9 Å². The molecule has 0 heterocycles. The minimum absolute atomic E-state index is 0. The van der Waals surface area contributed by atoms with Crippen molar-refractivity contribution in [1.29, 1.82) is 0 Å². The van der Waals surface area contributed by atoms with E-state index < -0.39 is 14.5 Å². The van der Waals surface area contributed by atoms with E-state index in [1.807, 2.05) is 0 Å². The molecule has 0 fully saturated rings. The molecule has 0 atom stereocenters. The summed E-state index contributed by atoms with van der Waals surface area (Å²) in [5, 5.41) is 15.5. The van der Waals surface area contributed by atoms with Crippen LogP contribution in [-0.2, 0) is 3.83 Å². The first kappa shape index (κ1) is 29.8. The quantitative estimate of drug-likeness (QED) is 0.368. The number of aliphatic hydroxyl groups is 2. The Bertz CT molecular complexity index is 80.1. The van der Waals surface area contributed by atoms with Gasteiger partial charge in [0, 0.05) is 13.1 Å². The summed E-state index contributed by atoms with van der Waals surface area (Å²) in [5.41, 5.74) is 9.56. The molecule has 0 aliphatic carbocycles. The van der Waals surface area contributed by atoms with Gasteiger partial charge in [-0.05, 0) is 0 Å². The SMILES string of the molecule is NCCO.NCCO.O=[Se]([O-])[O-].[Na+].[Na+]. The summed E-state index contributed by atoms with van der Waals surface area (Å²) in [6, 6.07) is 0. The van der Waals surface area contributed by atoms with Gasteiger partial charge in [-0.25, -0.2) is 0 Å². The maximum absolute atomic E-state index is 8.54. The monoisotopic (exact) mass is 296 g/mol. The van der Waals surface area contributed by atoms with Crippen molar-refractivity contribution in [2.75, 3.05) is 26.3 Å². The molecule has 0 unspecified atom stereocenters. The Hall–Kier alpha value is 2.08. The van der Waals surface area contributed by atoms with Crippen LogP contribution < -0.4 is 79.0 Å².